The first kappa shape index (κ1) is 15.3. The molecule has 0 saturated carbocycles. The molecule has 0 fully saturated rings. The Kier molecular flexibility index (Phi) is 4.42. The average Bonchev–Trinajstić information content (AvgIpc) is 3.13. The van der Waals surface area contributed by atoms with Crippen LogP contribution in [0.15, 0.2) is 46.0 Å². The van der Waals surface area contributed by atoms with E-state index in [1.54, 1.807) is 11.7 Å². The molecule has 3 aromatic rings. The van der Waals surface area contributed by atoms with Crippen LogP contribution in [-0.2, 0) is 11.8 Å². The van der Waals surface area contributed by atoms with Gasteiger partial charge >= 0.3 is 0 Å². The topological polar surface area (TPSA) is 85.8 Å². The van der Waals surface area contributed by atoms with Crippen LogP contribution >= 0.6 is 11.8 Å². The Labute approximate surface area is 137 Å². The van der Waals surface area contributed by atoms with Gasteiger partial charge in [0, 0.05) is 18.7 Å². The number of amides is 1. The van der Waals surface area contributed by atoms with Gasteiger partial charge in [0.2, 0.25) is 11.8 Å². The lowest BCUT2D eigenvalue weighted by Gasteiger charge is -2.03. The van der Waals surface area contributed by atoms with Crippen LogP contribution in [0.25, 0.3) is 11.5 Å². The van der Waals surface area contributed by atoms with Crippen LogP contribution in [0.5, 0.6) is 0 Å². The number of carbonyl (C=O) groups excluding carboxylic acids is 1. The number of rotatable bonds is 5. The Morgan fingerprint density at radius 3 is 2.78 bits per heavy atom. The van der Waals surface area contributed by atoms with Crippen molar-refractivity contribution in [3.05, 3.63) is 42.1 Å². The molecular weight excluding hydrogens is 314 g/mol. The van der Waals surface area contributed by atoms with E-state index in [0.717, 1.165) is 11.3 Å². The first-order valence-electron chi connectivity index (χ1n) is 6.94. The highest BCUT2D eigenvalue weighted by Crippen LogP contribution is 2.23. The number of carbonyl (C=O) groups is 1. The lowest BCUT2D eigenvalue weighted by molar-refractivity contribution is -0.113. The number of aryl methyl sites for hydroxylation is 2. The standard InChI is InChI=1S/C15H15N5O2S/c1-10-8-12(20(2)19-10)16-13(21)9-23-15-18-17-14(22-15)11-6-4-3-5-7-11/h3-8H,9H2,1-2H3,(H,16,21). The van der Waals surface area contributed by atoms with E-state index in [-0.39, 0.29) is 11.7 Å². The van der Waals surface area contributed by atoms with Gasteiger partial charge in [0.15, 0.2) is 0 Å². The van der Waals surface area contributed by atoms with Crippen molar-refractivity contribution in [2.75, 3.05) is 11.1 Å². The summed E-state index contributed by atoms with van der Waals surface area (Å²) in [5.41, 5.74) is 1.70. The molecule has 7 nitrogen and oxygen atoms in total. The summed E-state index contributed by atoms with van der Waals surface area (Å²) < 4.78 is 7.16. The van der Waals surface area contributed by atoms with Crippen molar-refractivity contribution in [3.8, 4) is 11.5 Å². The monoisotopic (exact) mass is 329 g/mol. The van der Waals surface area contributed by atoms with Crippen molar-refractivity contribution in [2.45, 2.75) is 12.1 Å². The molecule has 1 amide bonds. The second-order valence-electron chi connectivity index (χ2n) is 4.87. The predicted molar refractivity (Wildman–Crippen MR) is 87.0 cm³/mol. The molecule has 0 aliphatic rings. The van der Waals surface area contributed by atoms with Crippen LogP contribution in [-0.4, -0.2) is 31.6 Å². The molecule has 0 aliphatic carbocycles. The molecule has 1 aromatic carbocycles. The first-order valence-corrected chi connectivity index (χ1v) is 7.92. The average molecular weight is 329 g/mol. The zero-order valence-corrected chi connectivity index (χ0v) is 13.5. The van der Waals surface area contributed by atoms with Gasteiger partial charge in [-0.1, -0.05) is 30.0 Å². The van der Waals surface area contributed by atoms with E-state index in [9.17, 15) is 4.79 Å². The smallest absolute Gasteiger partial charge is 0.277 e. The number of benzene rings is 1. The fraction of sp³-hybridized carbons (Fsp3) is 0.200. The number of nitrogens with one attached hydrogen (secondary N) is 1. The summed E-state index contributed by atoms with van der Waals surface area (Å²) in [5.74, 6) is 1.12. The quantitative estimate of drug-likeness (QED) is 0.724. The predicted octanol–water partition coefficient (Wildman–Crippen LogP) is 2.51. The minimum Gasteiger partial charge on any atom is -0.411 e. The zero-order valence-electron chi connectivity index (χ0n) is 12.7. The molecular formula is C15H15N5O2S. The SMILES string of the molecule is Cc1cc(NC(=O)CSc2nnc(-c3ccccc3)o2)n(C)n1. The van der Waals surface area contributed by atoms with E-state index in [2.05, 4.69) is 20.6 Å². The van der Waals surface area contributed by atoms with E-state index < -0.39 is 0 Å². The first-order chi connectivity index (χ1) is 11.1. The van der Waals surface area contributed by atoms with Gasteiger partial charge in [0.25, 0.3) is 5.22 Å². The van der Waals surface area contributed by atoms with Crippen molar-refractivity contribution >= 4 is 23.5 Å². The summed E-state index contributed by atoms with van der Waals surface area (Å²) in [6.45, 7) is 1.87. The Morgan fingerprint density at radius 1 is 1.30 bits per heavy atom. The molecule has 0 radical (unpaired) electrons. The van der Waals surface area contributed by atoms with Crippen LogP contribution in [0, 0.1) is 6.92 Å². The molecule has 0 aliphatic heterocycles. The normalized spacial score (nSPS) is 10.7. The van der Waals surface area contributed by atoms with Crippen LogP contribution in [0.2, 0.25) is 0 Å². The van der Waals surface area contributed by atoms with Crippen molar-refractivity contribution < 1.29 is 9.21 Å². The summed E-state index contributed by atoms with van der Waals surface area (Å²) in [6, 6.07) is 11.3. The maximum atomic E-state index is 12.0. The summed E-state index contributed by atoms with van der Waals surface area (Å²) in [5, 5.41) is 15.2. The highest BCUT2D eigenvalue weighted by Gasteiger charge is 2.12. The third-order valence-electron chi connectivity index (χ3n) is 3.02. The van der Waals surface area contributed by atoms with E-state index >= 15 is 0 Å². The molecule has 0 atom stereocenters. The van der Waals surface area contributed by atoms with E-state index in [4.69, 9.17) is 4.42 Å². The van der Waals surface area contributed by atoms with Gasteiger partial charge in [-0.15, -0.1) is 10.2 Å². The van der Waals surface area contributed by atoms with Crippen molar-refractivity contribution in [3.63, 3.8) is 0 Å². The minimum atomic E-state index is -0.155. The molecule has 1 N–H and O–H groups in total. The van der Waals surface area contributed by atoms with Gasteiger partial charge in [-0.2, -0.15) is 5.10 Å². The Bertz CT molecular complexity index is 812. The zero-order chi connectivity index (χ0) is 16.2. The second kappa shape index (κ2) is 6.66. The Morgan fingerprint density at radius 2 is 2.09 bits per heavy atom. The number of hydrogen-bond donors (Lipinski definition) is 1. The fourth-order valence-electron chi connectivity index (χ4n) is 2.00. The summed E-state index contributed by atoms with van der Waals surface area (Å²) in [6.07, 6.45) is 0. The highest BCUT2D eigenvalue weighted by molar-refractivity contribution is 7.99. The lowest BCUT2D eigenvalue weighted by Crippen LogP contribution is -2.16. The van der Waals surface area contributed by atoms with E-state index in [1.807, 2.05) is 43.3 Å². The van der Waals surface area contributed by atoms with Gasteiger partial charge in [0.05, 0.1) is 11.4 Å². The molecule has 0 spiro atoms. The van der Waals surface area contributed by atoms with E-state index in [0.29, 0.717) is 16.9 Å². The lowest BCUT2D eigenvalue weighted by atomic mass is 10.2. The summed E-state index contributed by atoms with van der Waals surface area (Å²) in [7, 11) is 1.78. The molecule has 0 unspecified atom stereocenters. The molecule has 0 bridgehead atoms. The fourth-order valence-corrected chi connectivity index (χ4v) is 2.56. The van der Waals surface area contributed by atoms with Crippen molar-refractivity contribution in [1.82, 2.24) is 20.0 Å². The van der Waals surface area contributed by atoms with Crippen molar-refractivity contribution in [2.24, 2.45) is 7.05 Å². The third-order valence-corrected chi connectivity index (χ3v) is 3.84. The molecule has 0 saturated heterocycles. The molecule has 3 rings (SSSR count). The molecule has 2 aromatic heterocycles. The van der Waals surface area contributed by atoms with Crippen LogP contribution in [0.1, 0.15) is 5.69 Å². The highest BCUT2D eigenvalue weighted by atomic mass is 32.2. The summed E-state index contributed by atoms with van der Waals surface area (Å²) >= 11 is 1.19. The third kappa shape index (κ3) is 3.78. The number of thioether (sulfide) groups is 1. The second-order valence-corrected chi connectivity index (χ2v) is 5.80. The van der Waals surface area contributed by atoms with Gasteiger partial charge in [0.1, 0.15) is 5.82 Å². The van der Waals surface area contributed by atoms with Crippen LogP contribution < -0.4 is 5.32 Å². The molecule has 2 heterocycles. The summed E-state index contributed by atoms with van der Waals surface area (Å²) in [4.78, 5) is 12.0. The molecule has 118 valence electrons. The van der Waals surface area contributed by atoms with Crippen LogP contribution in [0.4, 0.5) is 5.82 Å². The number of nitrogens with zero attached hydrogens (tertiary/aromatic N) is 4. The van der Waals surface area contributed by atoms with Crippen molar-refractivity contribution in [1.29, 1.82) is 0 Å². The molecule has 8 heteroatoms. The van der Waals surface area contributed by atoms with Gasteiger partial charge in [-0.3, -0.25) is 9.48 Å². The van der Waals surface area contributed by atoms with E-state index in [1.165, 1.54) is 11.8 Å². The number of anilines is 1. The number of aromatic nitrogens is 4. The Balaban J connectivity index is 1.57. The van der Waals surface area contributed by atoms with Gasteiger partial charge in [-0.25, -0.2) is 0 Å². The largest absolute Gasteiger partial charge is 0.411 e. The van der Waals surface area contributed by atoms with Crippen LogP contribution in [0.3, 0.4) is 0 Å². The maximum Gasteiger partial charge on any atom is 0.277 e. The van der Waals surface area contributed by atoms with Gasteiger partial charge in [-0.05, 0) is 19.1 Å². The maximum absolute atomic E-state index is 12.0. The molecule has 23 heavy (non-hydrogen) atoms. The Hall–Kier alpha value is -2.61. The number of hydrogen-bond acceptors (Lipinski definition) is 6. The van der Waals surface area contributed by atoms with Gasteiger partial charge < -0.3 is 9.73 Å². The minimum absolute atomic E-state index is 0.155.